The molecular formula is C19H18ClN5O5S. The number of esters is 1. The molecule has 10 nitrogen and oxygen atoms in total. The SMILES string of the molecule is CN(C)S(=O)(=O)c1ccc(C(=O)OCC(=O)Nc2cc(Cl)ccc2-n2cncn2)cc1. The van der Waals surface area contributed by atoms with Gasteiger partial charge < -0.3 is 10.1 Å². The Hall–Kier alpha value is -3.28. The fraction of sp³-hybridized carbons (Fsp3) is 0.158. The summed E-state index contributed by atoms with van der Waals surface area (Å²) in [5, 5.41) is 7.02. The molecular weight excluding hydrogens is 446 g/mol. The first-order chi connectivity index (χ1) is 14.7. The van der Waals surface area contributed by atoms with Gasteiger partial charge in [-0.25, -0.2) is 27.2 Å². The number of carbonyl (C=O) groups excluding carboxylic acids is 2. The molecule has 0 saturated heterocycles. The minimum Gasteiger partial charge on any atom is -0.452 e. The van der Waals surface area contributed by atoms with Crippen molar-refractivity contribution in [3.05, 3.63) is 65.7 Å². The standard InChI is InChI=1S/C19H18ClN5O5S/c1-24(2)31(28,29)15-6-3-13(4-7-15)19(27)30-10-18(26)23-16-9-14(20)5-8-17(16)25-12-21-11-22-25/h3-9,11-12H,10H2,1-2H3,(H,23,26). The molecule has 0 spiro atoms. The van der Waals surface area contributed by atoms with E-state index in [-0.39, 0.29) is 10.5 Å². The fourth-order valence-electron chi connectivity index (χ4n) is 2.52. The molecule has 0 unspecified atom stereocenters. The highest BCUT2D eigenvalue weighted by Crippen LogP contribution is 2.24. The van der Waals surface area contributed by atoms with Crippen molar-refractivity contribution in [1.82, 2.24) is 19.1 Å². The number of halogens is 1. The van der Waals surface area contributed by atoms with E-state index in [9.17, 15) is 18.0 Å². The van der Waals surface area contributed by atoms with E-state index in [0.717, 1.165) is 4.31 Å². The van der Waals surface area contributed by atoms with Crippen LogP contribution in [-0.2, 0) is 19.6 Å². The minimum absolute atomic E-state index is 0.0355. The molecule has 1 aromatic heterocycles. The maximum atomic E-state index is 12.3. The van der Waals surface area contributed by atoms with Crippen LogP contribution in [0, 0.1) is 0 Å². The fourth-order valence-corrected chi connectivity index (χ4v) is 3.59. The molecule has 31 heavy (non-hydrogen) atoms. The van der Waals surface area contributed by atoms with E-state index in [1.807, 2.05) is 0 Å². The van der Waals surface area contributed by atoms with Crippen LogP contribution in [0.5, 0.6) is 0 Å². The second-order valence-corrected chi connectivity index (χ2v) is 9.03. The Kier molecular flexibility index (Phi) is 6.68. The first-order valence-electron chi connectivity index (χ1n) is 8.82. The van der Waals surface area contributed by atoms with Crippen molar-refractivity contribution >= 4 is 39.2 Å². The molecule has 3 rings (SSSR count). The first kappa shape index (κ1) is 22.4. The van der Waals surface area contributed by atoms with Crippen LogP contribution in [0.1, 0.15) is 10.4 Å². The van der Waals surface area contributed by atoms with E-state index in [2.05, 4.69) is 15.4 Å². The molecule has 162 valence electrons. The van der Waals surface area contributed by atoms with Gasteiger partial charge in [0, 0.05) is 19.1 Å². The van der Waals surface area contributed by atoms with Crippen molar-refractivity contribution < 1.29 is 22.7 Å². The van der Waals surface area contributed by atoms with Gasteiger partial charge in [0.05, 0.1) is 21.8 Å². The lowest BCUT2D eigenvalue weighted by atomic mass is 10.2. The first-order valence-corrected chi connectivity index (χ1v) is 10.6. The van der Waals surface area contributed by atoms with E-state index >= 15 is 0 Å². The van der Waals surface area contributed by atoms with Gasteiger partial charge in [0.2, 0.25) is 10.0 Å². The minimum atomic E-state index is -3.61. The van der Waals surface area contributed by atoms with Gasteiger partial charge in [-0.2, -0.15) is 5.10 Å². The van der Waals surface area contributed by atoms with E-state index in [4.69, 9.17) is 16.3 Å². The van der Waals surface area contributed by atoms with E-state index in [0.29, 0.717) is 16.4 Å². The number of ether oxygens (including phenoxy) is 1. The summed E-state index contributed by atoms with van der Waals surface area (Å²) in [4.78, 5) is 28.4. The lowest BCUT2D eigenvalue weighted by Gasteiger charge is -2.12. The van der Waals surface area contributed by atoms with Crippen molar-refractivity contribution in [2.75, 3.05) is 26.0 Å². The number of rotatable bonds is 7. The molecule has 0 aliphatic carbocycles. The number of hydrogen-bond acceptors (Lipinski definition) is 7. The van der Waals surface area contributed by atoms with Gasteiger partial charge in [-0.05, 0) is 42.5 Å². The van der Waals surface area contributed by atoms with Crippen molar-refractivity contribution in [3.63, 3.8) is 0 Å². The summed E-state index contributed by atoms with van der Waals surface area (Å²) in [6.07, 6.45) is 2.80. The highest BCUT2D eigenvalue weighted by atomic mass is 35.5. The van der Waals surface area contributed by atoms with Crippen LogP contribution in [0.3, 0.4) is 0 Å². The highest BCUT2D eigenvalue weighted by Gasteiger charge is 2.18. The molecule has 0 aliphatic heterocycles. The number of nitrogens with zero attached hydrogens (tertiary/aromatic N) is 4. The number of nitrogens with one attached hydrogen (secondary N) is 1. The average molecular weight is 464 g/mol. The molecule has 0 atom stereocenters. The van der Waals surface area contributed by atoms with Gasteiger partial charge in [0.1, 0.15) is 12.7 Å². The zero-order chi connectivity index (χ0) is 22.6. The second-order valence-electron chi connectivity index (χ2n) is 6.44. The van der Waals surface area contributed by atoms with Gasteiger partial charge in [-0.1, -0.05) is 11.6 Å². The normalized spacial score (nSPS) is 11.4. The van der Waals surface area contributed by atoms with E-state index in [1.165, 1.54) is 61.8 Å². The molecule has 1 heterocycles. The monoisotopic (exact) mass is 463 g/mol. The van der Waals surface area contributed by atoms with Gasteiger partial charge in [0.15, 0.2) is 6.61 Å². The number of carbonyl (C=O) groups is 2. The Morgan fingerprint density at radius 3 is 2.48 bits per heavy atom. The largest absolute Gasteiger partial charge is 0.452 e. The molecule has 3 aromatic rings. The molecule has 1 N–H and O–H groups in total. The summed E-state index contributed by atoms with van der Waals surface area (Å²) in [5.74, 6) is -1.37. The van der Waals surface area contributed by atoms with Crippen LogP contribution >= 0.6 is 11.6 Å². The summed E-state index contributed by atoms with van der Waals surface area (Å²) >= 11 is 6.01. The molecule has 12 heteroatoms. The molecule has 0 saturated carbocycles. The maximum Gasteiger partial charge on any atom is 0.338 e. The van der Waals surface area contributed by atoms with E-state index < -0.39 is 28.5 Å². The molecule has 2 aromatic carbocycles. The Bertz CT molecular complexity index is 1190. The van der Waals surface area contributed by atoms with Crippen LogP contribution in [0.15, 0.2) is 60.0 Å². The predicted octanol–water partition coefficient (Wildman–Crippen LogP) is 1.97. The third kappa shape index (κ3) is 5.26. The Morgan fingerprint density at radius 1 is 1.16 bits per heavy atom. The summed E-state index contributed by atoms with van der Waals surface area (Å²) < 4.78 is 31.7. The van der Waals surface area contributed by atoms with Crippen molar-refractivity contribution in [2.24, 2.45) is 0 Å². The third-order valence-electron chi connectivity index (χ3n) is 4.10. The Labute approximate surface area is 183 Å². The highest BCUT2D eigenvalue weighted by molar-refractivity contribution is 7.89. The molecule has 0 fully saturated rings. The lowest BCUT2D eigenvalue weighted by Crippen LogP contribution is -2.23. The zero-order valence-electron chi connectivity index (χ0n) is 16.5. The third-order valence-corrected chi connectivity index (χ3v) is 6.17. The van der Waals surface area contributed by atoms with Gasteiger partial charge in [0.25, 0.3) is 5.91 Å². The van der Waals surface area contributed by atoms with Gasteiger partial charge in [-0.3, -0.25) is 4.79 Å². The summed E-state index contributed by atoms with van der Waals surface area (Å²) in [6.45, 7) is -0.556. The van der Waals surface area contributed by atoms with Crippen LogP contribution in [0.2, 0.25) is 5.02 Å². The predicted molar refractivity (Wildman–Crippen MR) is 113 cm³/mol. The summed E-state index contributed by atoms with van der Waals surface area (Å²) in [7, 11) is -0.797. The smallest absolute Gasteiger partial charge is 0.338 e. The number of anilines is 1. The molecule has 1 amide bonds. The van der Waals surface area contributed by atoms with Gasteiger partial charge >= 0.3 is 5.97 Å². The zero-order valence-corrected chi connectivity index (χ0v) is 18.1. The number of aromatic nitrogens is 3. The Balaban J connectivity index is 1.64. The van der Waals surface area contributed by atoms with Crippen LogP contribution < -0.4 is 5.32 Å². The van der Waals surface area contributed by atoms with Crippen molar-refractivity contribution in [1.29, 1.82) is 0 Å². The van der Waals surface area contributed by atoms with E-state index in [1.54, 1.807) is 12.1 Å². The molecule has 0 bridgehead atoms. The molecule has 0 radical (unpaired) electrons. The van der Waals surface area contributed by atoms with Crippen LogP contribution in [0.4, 0.5) is 5.69 Å². The number of hydrogen-bond donors (Lipinski definition) is 1. The topological polar surface area (TPSA) is 123 Å². The summed E-state index contributed by atoms with van der Waals surface area (Å²) in [6, 6.07) is 10.0. The molecule has 0 aliphatic rings. The van der Waals surface area contributed by atoms with Gasteiger partial charge in [-0.15, -0.1) is 0 Å². The lowest BCUT2D eigenvalue weighted by molar-refractivity contribution is -0.119. The van der Waals surface area contributed by atoms with Crippen molar-refractivity contribution in [3.8, 4) is 5.69 Å². The maximum absolute atomic E-state index is 12.3. The Morgan fingerprint density at radius 2 is 1.87 bits per heavy atom. The second kappa shape index (κ2) is 9.25. The number of amides is 1. The number of benzene rings is 2. The average Bonchev–Trinajstić information content (AvgIpc) is 3.26. The quantitative estimate of drug-likeness (QED) is 0.531. The van der Waals surface area contributed by atoms with Crippen LogP contribution in [-0.4, -0.2) is 60.1 Å². The number of sulfonamides is 1. The summed E-state index contributed by atoms with van der Waals surface area (Å²) in [5.41, 5.74) is 0.994. The van der Waals surface area contributed by atoms with Crippen molar-refractivity contribution in [2.45, 2.75) is 4.90 Å². The van der Waals surface area contributed by atoms with Crippen LogP contribution in [0.25, 0.3) is 5.69 Å².